The number of hydrogen-bond donors (Lipinski definition) is 2. The van der Waals surface area contributed by atoms with E-state index in [-0.39, 0.29) is 6.10 Å². The lowest BCUT2D eigenvalue weighted by Gasteiger charge is -2.24. The highest BCUT2D eigenvalue weighted by Crippen LogP contribution is 1.99. The molecule has 1 heterocycles. The van der Waals surface area contributed by atoms with Crippen molar-refractivity contribution in [3.05, 3.63) is 0 Å². The van der Waals surface area contributed by atoms with Crippen molar-refractivity contribution in [1.82, 2.24) is 5.32 Å². The largest absolute Gasteiger partial charge is 0.376 e. The van der Waals surface area contributed by atoms with E-state index in [1.54, 1.807) is 0 Å². The lowest BCUT2D eigenvalue weighted by molar-refractivity contribution is -0.0869. The first-order chi connectivity index (χ1) is 6.33. The van der Waals surface area contributed by atoms with Gasteiger partial charge in [-0.3, -0.25) is 0 Å². The number of nitrogens with two attached hydrogens (primary N) is 1. The molecule has 4 heteroatoms. The summed E-state index contributed by atoms with van der Waals surface area (Å²) in [4.78, 5) is 0. The summed E-state index contributed by atoms with van der Waals surface area (Å²) in [6, 6.07) is 0.468. The monoisotopic (exact) mass is 188 g/mol. The van der Waals surface area contributed by atoms with Gasteiger partial charge < -0.3 is 20.5 Å². The lowest BCUT2D eigenvalue weighted by Crippen LogP contribution is -2.41. The van der Waals surface area contributed by atoms with Crippen LogP contribution in [0.1, 0.15) is 13.3 Å². The molecule has 78 valence electrons. The Bertz CT molecular complexity index is 127. The van der Waals surface area contributed by atoms with Crippen molar-refractivity contribution >= 4 is 0 Å². The fourth-order valence-corrected chi connectivity index (χ4v) is 1.34. The zero-order valence-corrected chi connectivity index (χ0v) is 8.29. The van der Waals surface area contributed by atoms with Crippen LogP contribution in [0.25, 0.3) is 0 Å². The zero-order chi connectivity index (χ0) is 9.52. The Morgan fingerprint density at radius 3 is 3.00 bits per heavy atom. The van der Waals surface area contributed by atoms with E-state index >= 15 is 0 Å². The van der Waals surface area contributed by atoms with Crippen molar-refractivity contribution < 1.29 is 9.47 Å². The quantitative estimate of drug-likeness (QED) is 0.623. The summed E-state index contributed by atoms with van der Waals surface area (Å²) in [7, 11) is 0. The third-order valence-corrected chi connectivity index (χ3v) is 2.18. The molecule has 4 nitrogen and oxygen atoms in total. The van der Waals surface area contributed by atoms with Crippen LogP contribution in [-0.2, 0) is 9.47 Å². The van der Waals surface area contributed by atoms with E-state index in [1.165, 1.54) is 0 Å². The molecule has 1 aliphatic rings. The fourth-order valence-electron chi connectivity index (χ4n) is 1.34. The van der Waals surface area contributed by atoms with Crippen molar-refractivity contribution in [2.75, 3.05) is 32.9 Å². The highest BCUT2D eigenvalue weighted by Gasteiger charge is 2.14. The second kappa shape index (κ2) is 6.32. The minimum atomic E-state index is 0.217. The van der Waals surface area contributed by atoms with Crippen LogP contribution in [0.2, 0.25) is 0 Å². The van der Waals surface area contributed by atoms with Crippen molar-refractivity contribution in [2.45, 2.75) is 25.5 Å². The molecule has 0 bridgehead atoms. The van der Waals surface area contributed by atoms with E-state index in [0.717, 1.165) is 32.7 Å². The van der Waals surface area contributed by atoms with E-state index in [4.69, 9.17) is 15.2 Å². The molecule has 0 aliphatic carbocycles. The second-order valence-electron chi connectivity index (χ2n) is 3.45. The minimum Gasteiger partial charge on any atom is -0.376 e. The molecule has 0 amide bonds. The van der Waals surface area contributed by atoms with Gasteiger partial charge in [-0.05, 0) is 19.9 Å². The molecule has 0 aromatic heterocycles. The molecular formula is C9H20N2O2. The summed E-state index contributed by atoms with van der Waals surface area (Å²) >= 11 is 0. The number of nitrogens with one attached hydrogen (secondary N) is 1. The van der Waals surface area contributed by atoms with Crippen molar-refractivity contribution in [2.24, 2.45) is 5.73 Å². The Balaban J connectivity index is 2.03. The van der Waals surface area contributed by atoms with Crippen LogP contribution in [-0.4, -0.2) is 45.1 Å². The summed E-state index contributed by atoms with van der Waals surface area (Å²) in [5.74, 6) is 0. The Hall–Kier alpha value is -0.160. The van der Waals surface area contributed by atoms with E-state index in [9.17, 15) is 0 Å². The lowest BCUT2D eigenvalue weighted by atomic mass is 10.2. The first kappa shape index (κ1) is 10.9. The maximum atomic E-state index is 5.49. The van der Waals surface area contributed by atoms with Crippen LogP contribution in [0, 0.1) is 0 Å². The van der Waals surface area contributed by atoms with Gasteiger partial charge in [-0.1, -0.05) is 0 Å². The Morgan fingerprint density at radius 1 is 1.54 bits per heavy atom. The predicted octanol–water partition coefficient (Wildman–Crippen LogP) is -0.271. The molecule has 0 saturated carbocycles. The fraction of sp³-hybridized carbons (Fsp3) is 1.00. The number of ether oxygens (including phenoxy) is 2. The van der Waals surface area contributed by atoms with Gasteiger partial charge in [0.25, 0.3) is 0 Å². The van der Waals surface area contributed by atoms with Gasteiger partial charge in [-0.2, -0.15) is 0 Å². The van der Waals surface area contributed by atoms with Crippen molar-refractivity contribution in [3.8, 4) is 0 Å². The summed E-state index contributed by atoms with van der Waals surface area (Å²) in [6.45, 7) is 5.89. The second-order valence-corrected chi connectivity index (χ2v) is 3.45. The molecule has 13 heavy (non-hydrogen) atoms. The Labute approximate surface area is 79.8 Å². The number of rotatable bonds is 5. The molecule has 1 saturated heterocycles. The van der Waals surface area contributed by atoms with E-state index < -0.39 is 0 Å². The average molecular weight is 188 g/mol. The van der Waals surface area contributed by atoms with Gasteiger partial charge >= 0.3 is 0 Å². The van der Waals surface area contributed by atoms with Crippen LogP contribution in [0.5, 0.6) is 0 Å². The van der Waals surface area contributed by atoms with E-state index in [0.29, 0.717) is 12.6 Å². The molecule has 1 aliphatic heterocycles. The highest BCUT2D eigenvalue weighted by atomic mass is 16.6. The molecule has 1 fully saturated rings. The van der Waals surface area contributed by atoms with Gasteiger partial charge in [0.15, 0.2) is 0 Å². The average Bonchev–Trinajstić information content (AvgIpc) is 2.17. The summed E-state index contributed by atoms with van der Waals surface area (Å²) in [5.41, 5.74) is 5.44. The summed E-state index contributed by atoms with van der Waals surface area (Å²) in [6.07, 6.45) is 1.22. The summed E-state index contributed by atoms with van der Waals surface area (Å²) < 4.78 is 10.8. The molecule has 3 N–H and O–H groups in total. The van der Waals surface area contributed by atoms with Crippen molar-refractivity contribution in [3.63, 3.8) is 0 Å². The normalized spacial score (nSPS) is 25.8. The standard InChI is InChI=1S/C9H20N2O2/c1-8(2-3-10)11-6-9-7-12-4-5-13-9/h8-9,11H,2-7,10H2,1H3. The maximum absolute atomic E-state index is 5.49. The van der Waals surface area contributed by atoms with Crippen LogP contribution < -0.4 is 11.1 Å². The molecule has 1 rings (SSSR count). The molecule has 0 aromatic rings. The molecule has 0 spiro atoms. The van der Waals surface area contributed by atoms with E-state index in [1.807, 2.05) is 0 Å². The molecular weight excluding hydrogens is 168 g/mol. The summed E-state index contributed by atoms with van der Waals surface area (Å²) in [5, 5.41) is 3.37. The minimum absolute atomic E-state index is 0.217. The Kier molecular flexibility index (Phi) is 5.31. The first-order valence-corrected chi connectivity index (χ1v) is 4.95. The van der Waals surface area contributed by atoms with Gasteiger partial charge in [0.2, 0.25) is 0 Å². The third-order valence-electron chi connectivity index (χ3n) is 2.18. The van der Waals surface area contributed by atoms with Crippen LogP contribution in [0.15, 0.2) is 0 Å². The third kappa shape index (κ3) is 4.57. The molecule has 2 atom stereocenters. The zero-order valence-electron chi connectivity index (χ0n) is 8.29. The van der Waals surface area contributed by atoms with Gasteiger partial charge in [0.05, 0.1) is 25.9 Å². The van der Waals surface area contributed by atoms with Gasteiger partial charge in [0, 0.05) is 12.6 Å². The Morgan fingerprint density at radius 2 is 2.38 bits per heavy atom. The van der Waals surface area contributed by atoms with E-state index in [2.05, 4.69) is 12.2 Å². The topological polar surface area (TPSA) is 56.5 Å². The van der Waals surface area contributed by atoms with Crippen molar-refractivity contribution in [1.29, 1.82) is 0 Å². The molecule has 2 unspecified atom stereocenters. The number of hydrogen-bond acceptors (Lipinski definition) is 4. The molecule has 0 radical (unpaired) electrons. The van der Waals surface area contributed by atoms with Crippen LogP contribution >= 0.6 is 0 Å². The highest BCUT2D eigenvalue weighted by molar-refractivity contribution is 4.68. The van der Waals surface area contributed by atoms with Gasteiger partial charge in [-0.15, -0.1) is 0 Å². The SMILES string of the molecule is CC(CCN)NCC1COCCO1. The predicted molar refractivity (Wildman–Crippen MR) is 51.7 cm³/mol. The van der Waals surface area contributed by atoms with Crippen LogP contribution in [0.3, 0.4) is 0 Å². The maximum Gasteiger partial charge on any atom is 0.0933 e. The van der Waals surface area contributed by atoms with Gasteiger partial charge in [-0.25, -0.2) is 0 Å². The molecule has 0 aromatic carbocycles. The smallest absolute Gasteiger partial charge is 0.0933 e. The van der Waals surface area contributed by atoms with Crippen LogP contribution in [0.4, 0.5) is 0 Å². The first-order valence-electron chi connectivity index (χ1n) is 4.95. The van der Waals surface area contributed by atoms with Gasteiger partial charge in [0.1, 0.15) is 0 Å².